The highest BCUT2D eigenvalue weighted by Gasteiger charge is 2.40. The molecule has 4 rings (SSSR count). The van der Waals surface area contributed by atoms with Crippen molar-refractivity contribution in [2.75, 3.05) is 18.0 Å². The van der Waals surface area contributed by atoms with Crippen molar-refractivity contribution < 1.29 is 17.9 Å². The molecule has 0 unspecified atom stereocenters. The van der Waals surface area contributed by atoms with Crippen LogP contribution < -0.4 is 14.4 Å². The quantitative estimate of drug-likeness (QED) is 0.732. The van der Waals surface area contributed by atoms with E-state index in [1.165, 1.54) is 36.4 Å². The summed E-state index contributed by atoms with van der Waals surface area (Å²) >= 11 is 0. The van der Waals surface area contributed by atoms with Crippen LogP contribution in [0.1, 0.15) is 31.2 Å². The number of ether oxygens (including phenoxy) is 1. The Balaban J connectivity index is 1.58. The lowest BCUT2D eigenvalue weighted by atomic mass is 9.95. The maximum Gasteiger partial charge on any atom is 0.264 e. The van der Waals surface area contributed by atoms with E-state index in [0.717, 1.165) is 18.4 Å². The van der Waals surface area contributed by atoms with Crippen LogP contribution in [0.3, 0.4) is 0 Å². The first-order chi connectivity index (χ1) is 14.4. The van der Waals surface area contributed by atoms with Crippen LogP contribution in [-0.4, -0.2) is 34.0 Å². The molecular formula is C23H28N2O4S. The van der Waals surface area contributed by atoms with Gasteiger partial charge in [0.2, 0.25) is 5.91 Å². The largest absolute Gasteiger partial charge is 0.497 e. The van der Waals surface area contributed by atoms with Gasteiger partial charge in [0.15, 0.2) is 0 Å². The zero-order valence-electron chi connectivity index (χ0n) is 17.4. The summed E-state index contributed by atoms with van der Waals surface area (Å²) in [6, 6.07) is 13.6. The number of fused-ring (bicyclic) bond motifs is 2. The summed E-state index contributed by atoms with van der Waals surface area (Å²) in [6.07, 6.45) is 4.59. The molecular weight excluding hydrogens is 400 g/mol. The van der Waals surface area contributed by atoms with Gasteiger partial charge in [-0.2, -0.15) is 0 Å². The fraction of sp³-hybridized carbons (Fsp3) is 0.435. The van der Waals surface area contributed by atoms with Crippen molar-refractivity contribution in [3.05, 3.63) is 54.1 Å². The first-order valence-corrected chi connectivity index (χ1v) is 11.8. The minimum absolute atomic E-state index is 0.122. The Morgan fingerprint density at radius 3 is 2.33 bits per heavy atom. The molecule has 30 heavy (non-hydrogen) atoms. The summed E-state index contributed by atoms with van der Waals surface area (Å²) in [5.74, 6) is 1.55. The smallest absolute Gasteiger partial charge is 0.264 e. The number of carbonyl (C=O) groups is 1. The van der Waals surface area contributed by atoms with E-state index in [0.29, 0.717) is 23.3 Å². The van der Waals surface area contributed by atoms with Crippen LogP contribution in [0.4, 0.5) is 5.69 Å². The number of aryl methyl sites for hydroxylation is 1. The Bertz CT molecular complexity index is 1000. The zero-order valence-corrected chi connectivity index (χ0v) is 18.2. The lowest BCUT2D eigenvalue weighted by molar-refractivity contribution is -0.120. The summed E-state index contributed by atoms with van der Waals surface area (Å²) < 4.78 is 33.2. The van der Waals surface area contributed by atoms with E-state index in [1.807, 2.05) is 19.1 Å². The van der Waals surface area contributed by atoms with Gasteiger partial charge in [0.05, 0.1) is 17.7 Å². The standard InChI is InChI=1S/C23H28N2O4S/c1-16-3-7-19(8-4-16)25(30(27,28)21-11-9-20(29-2)10-12-21)15-23(26)24-22-14-17-5-6-18(22)13-17/h3-4,7-12,17-18,22H,5-6,13-15H2,1-2H3,(H,24,26)/t17-,18+,22-/m1/s1. The topological polar surface area (TPSA) is 75.7 Å². The number of amides is 1. The van der Waals surface area contributed by atoms with E-state index >= 15 is 0 Å². The molecule has 2 saturated carbocycles. The molecule has 2 fully saturated rings. The van der Waals surface area contributed by atoms with Crippen LogP contribution in [0.2, 0.25) is 0 Å². The van der Waals surface area contributed by atoms with Gasteiger partial charge in [-0.25, -0.2) is 8.42 Å². The Morgan fingerprint density at radius 1 is 1.07 bits per heavy atom. The number of carbonyl (C=O) groups excluding carboxylic acids is 1. The maximum absolute atomic E-state index is 13.4. The van der Waals surface area contributed by atoms with Gasteiger partial charge in [-0.15, -0.1) is 0 Å². The number of rotatable bonds is 7. The predicted octanol–water partition coefficient (Wildman–Crippen LogP) is 3.50. The molecule has 2 aliphatic rings. The average Bonchev–Trinajstić information content (AvgIpc) is 3.36. The van der Waals surface area contributed by atoms with Crippen molar-refractivity contribution in [1.82, 2.24) is 5.32 Å². The third-order valence-corrected chi connectivity index (χ3v) is 8.13. The zero-order chi connectivity index (χ0) is 21.3. The van der Waals surface area contributed by atoms with E-state index in [-0.39, 0.29) is 23.4 Å². The molecule has 6 nitrogen and oxygen atoms in total. The van der Waals surface area contributed by atoms with Crippen LogP contribution in [0.25, 0.3) is 0 Å². The predicted molar refractivity (Wildman–Crippen MR) is 116 cm³/mol. The molecule has 2 aliphatic carbocycles. The van der Waals surface area contributed by atoms with Crippen LogP contribution in [0, 0.1) is 18.8 Å². The van der Waals surface area contributed by atoms with Crippen LogP contribution >= 0.6 is 0 Å². The fourth-order valence-corrected chi connectivity index (χ4v) is 6.13. The Morgan fingerprint density at radius 2 is 1.77 bits per heavy atom. The number of methoxy groups -OCH3 is 1. The molecule has 0 radical (unpaired) electrons. The Hall–Kier alpha value is -2.54. The van der Waals surface area contributed by atoms with E-state index in [9.17, 15) is 13.2 Å². The number of nitrogens with zero attached hydrogens (tertiary/aromatic N) is 1. The Kier molecular flexibility index (Phi) is 5.73. The summed E-state index contributed by atoms with van der Waals surface area (Å²) in [7, 11) is -2.38. The number of sulfonamides is 1. The second-order valence-electron chi connectivity index (χ2n) is 8.37. The van der Waals surface area contributed by atoms with Gasteiger partial charge in [0, 0.05) is 6.04 Å². The van der Waals surface area contributed by atoms with E-state index in [2.05, 4.69) is 5.32 Å². The molecule has 1 amide bonds. The highest BCUT2D eigenvalue weighted by atomic mass is 32.2. The number of nitrogens with one attached hydrogen (secondary N) is 1. The van der Waals surface area contributed by atoms with Gasteiger partial charge >= 0.3 is 0 Å². The van der Waals surface area contributed by atoms with Crippen molar-refractivity contribution in [2.24, 2.45) is 11.8 Å². The molecule has 1 N–H and O–H groups in total. The van der Waals surface area contributed by atoms with Crippen molar-refractivity contribution in [2.45, 2.75) is 43.5 Å². The first kappa shape index (κ1) is 20.7. The second kappa shape index (κ2) is 8.30. The third kappa shape index (κ3) is 4.17. The van der Waals surface area contributed by atoms with Gasteiger partial charge in [0.1, 0.15) is 12.3 Å². The minimum atomic E-state index is -3.91. The summed E-state index contributed by atoms with van der Waals surface area (Å²) in [6.45, 7) is 1.69. The fourth-order valence-electron chi connectivity index (χ4n) is 4.71. The summed E-state index contributed by atoms with van der Waals surface area (Å²) in [5.41, 5.74) is 1.49. The molecule has 0 heterocycles. The third-order valence-electron chi connectivity index (χ3n) is 6.34. The normalized spacial score (nSPS) is 22.7. The SMILES string of the molecule is COc1ccc(S(=O)(=O)N(CC(=O)N[C@@H]2C[C@@H]3CC[C@H]2C3)c2ccc(C)cc2)cc1. The lowest BCUT2D eigenvalue weighted by Crippen LogP contribution is -2.46. The molecule has 2 aromatic rings. The number of hydrogen-bond donors (Lipinski definition) is 1. The van der Waals surface area contributed by atoms with Gasteiger partial charge in [0.25, 0.3) is 10.0 Å². The van der Waals surface area contributed by atoms with Gasteiger partial charge in [-0.3, -0.25) is 9.10 Å². The molecule has 0 aromatic heterocycles. The molecule has 0 saturated heterocycles. The number of anilines is 1. The van der Waals surface area contributed by atoms with E-state index < -0.39 is 10.0 Å². The van der Waals surface area contributed by atoms with Crippen LogP contribution in [-0.2, 0) is 14.8 Å². The molecule has 2 bridgehead atoms. The molecule has 0 aliphatic heterocycles. The van der Waals surface area contributed by atoms with Crippen molar-refractivity contribution >= 4 is 21.6 Å². The summed E-state index contributed by atoms with van der Waals surface area (Å²) in [4.78, 5) is 13.0. The molecule has 7 heteroatoms. The Labute approximate surface area is 178 Å². The van der Waals surface area contributed by atoms with Crippen molar-refractivity contribution in [3.8, 4) is 5.75 Å². The highest BCUT2D eigenvalue weighted by molar-refractivity contribution is 7.92. The van der Waals surface area contributed by atoms with E-state index in [1.54, 1.807) is 24.3 Å². The van der Waals surface area contributed by atoms with Crippen molar-refractivity contribution in [3.63, 3.8) is 0 Å². The molecule has 0 spiro atoms. The molecule has 3 atom stereocenters. The minimum Gasteiger partial charge on any atom is -0.497 e. The lowest BCUT2D eigenvalue weighted by Gasteiger charge is -2.27. The van der Waals surface area contributed by atoms with Gasteiger partial charge in [-0.05, 0) is 74.4 Å². The highest BCUT2D eigenvalue weighted by Crippen LogP contribution is 2.44. The second-order valence-corrected chi connectivity index (χ2v) is 10.2. The van der Waals surface area contributed by atoms with Gasteiger partial charge < -0.3 is 10.1 Å². The van der Waals surface area contributed by atoms with Crippen LogP contribution in [0.15, 0.2) is 53.4 Å². The summed E-state index contributed by atoms with van der Waals surface area (Å²) in [5, 5.41) is 3.10. The first-order valence-electron chi connectivity index (χ1n) is 10.4. The molecule has 2 aromatic carbocycles. The van der Waals surface area contributed by atoms with Crippen LogP contribution in [0.5, 0.6) is 5.75 Å². The monoisotopic (exact) mass is 428 g/mol. The maximum atomic E-state index is 13.4. The number of hydrogen-bond acceptors (Lipinski definition) is 4. The van der Waals surface area contributed by atoms with Crippen molar-refractivity contribution in [1.29, 1.82) is 0 Å². The van der Waals surface area contributed by atoms with Gasteiger partial charge in [-0.1, -0.05) is 24.1 Å². The molecule has 160 valence electrons. The average molecular weight is 429 g/mol. The van der Waals surface area contributed by atoms with E-state index in [4.69, 9.17) is 4.74 Å². The number of benzene rings is 2.